The lowest BCUT2D eigenvalue weighted by Gasteiger charge is -2.23. The molecule has 8 nitrogen and oxygen atoms in total. The molecule has 0 aliphatic heterocycles. The molecule has 0 aliphatic carbocycles. The molecule has 9 heteroatoms. The second-order valence-corrected chi connectivity index (χ2v) is 7.18. The fraction of sp³-hybridized carbons (Fsp3) is 1.00. The van der Waals surface area contributed by atoms with Gasteiger partial charge in [-0.05, 0) is 6.42 Å². The van der Waals surface area contributed by atoms with E-state index < -0.39 is 29.2 Å². The van der Waals surface area contributed by atoms with Crippen LogP contribution in [-0.2, 0) is 24.2 Å². The van der Waals surface area contributed by atoms with Crippen molar-refractivity contribution in [2.75, 3.05) is 19.8 Å². The summed E-state index contributed by atoms with van der Waals surface area (Å²) >= 11 is 0. The summed E-state index contributed by atoms with van der Waals surface area (Å²) in [5.41, 5.74) is 0. The number of aliphatic hydroxyl groups excluding tert-OH is 1. The zero-order valence-corrected chi connectivity index (χ0v) is 16.0. The fourth-order valence-corrected chi connectivity index (χ4v) is 3.02. The average Bonchev–Trinajstić information content (AvgIpc) is 2.56. The first-order chi connectivity index (χ1) is 11.9. The first-order valence-electron chi connectivity index (χ1n) is 9.09. The Morgan fingerprint density at radius 3 is 1.84 bits per heavy atom. The largest absolute Gasteiger partial charge is 0.397 e. The summed E-state index contributed by atoms with van der Waals surface area (Å²) in [6.45, 7) is 1.44. The molecule has 0 radical (unpaired) electrons. The molecule has 0 heterocycles. The predicted octanol–water partition coefficient (Wildman–Crippen LogP) is 2.96. The van der Waals surface area contributed by atoms with E-state index in [4.69, 9.17) is 19.7 Å². The van der Waals surface area contributed by atoms with Gasteiger partial charge in [0, 0.05) is 6.61 Å². The second-order valence-electron chi connectivity index (χ2n) is 6.13. The van der Waals surface area contributed by atoms with Crippen LogP contribution in [0.1, 0.15) is 71.1 Å². The number of ether oxygens (including phenoxy) is 1. The Labute approximate surface area is 151 Å². The van der Waals surface area contributed by atoms with Crippen LogP contribution in [0.4, 0.5) is 0 Å². The molecule has 0 saturated heterocycles. The van der Waals surface area contributed by atoms with E-state index in [0.717, 1.165) is 19.3 Å². The van der Waals surface area contributed by atoms with Crippen LogP contribution in [-0.4, -0.2) is 55.4 Å². The average molecular weight is 387 g/mol. The molecule has 2 atom stereocenters. The first-order valence-corrected chi connectivity index (χ1v) is 10.5. The Balaban J connectivity index is 3.82. The minimum Gasteiger partial charge on any atom is -0.394 e. The molecule has 0 aromatic rings. The highest BCUT2D eigenvalue weighted by Crippen LogP contribution is 2.12. The molecule has 3 N–H and O–H groups in total. The number of hydrogen-bond donors (Lipinski definition) is 3. The van der Waals surface area contributed by atoms with Gasteiger partial charge in [-0.15, -0.1) is 0 Å². The van der Waals surface area contributed by atoms with Gasteiger partial charge in [0.1, 0.15) is 18.8 Å². The summed E-state index contributed by atoms with van der Waals surface area (Å²) in [6, 6.07) is 0. The van der Waals surface area contributed by atoms with Crippen molar-refractivity contribution in [3.8, 4) is 0 Å². The molecule has 25 heavy (non-hydrogen) atoms. The Morgan fingerprint density at radius 2 is 1.40 bits per heavy atom. The third kappa shape index (κ3) is 15.7. The lowest BCUT2D eigenvalue weighted by Crippen LogP contribution is -2.39. The van der Waals surface area contributed by atoms with Gasteiger partial charge in [-0.1, -0.05) is 64.7 Å². The van der Waals surface area contributed by atoms with E-state index in [-0.39, 0.29) is 6.61 Å². The van der Waals surface area contributed by atoms with Gasteiger partial charge in [-0.25, -0.2) is 9.07 Å². The lowest BCUT2D eigenvalue weighted by atomic mass is 10.1. The summed E-state index contributed by atoms with van der Waals surface area (Å²) in [7, 11) is -4.73. The zero-order chi connectivity index (χ0) is 19.0. The Morgan fingerprint density at radius 1 is 0.880 bits per heavy atom. The van der Waals surface area contributed by atoms with Crippen molar-refractivity contribution < 1.29 is 37.1 Å². The van der Waals surface area contributed by atoms with Crippen LogP contribution in [0, 0.1) is 0 Å². The maximum Gasteiger partial charge on any atom is 0.397 e. The molecular formula is C16H34O8S. The second kappa shape index (κ2) is 15.9. The molecule has 0 spiro atoms. The van der Waals surface area contributed by atoms with E-state index in [9.17, 15) is 8.42 Å². The highest BCUT2D eigenvalue weighted by molar-refractivity contribution is 7.80. The van der Waals surface area contributed by atoms with E-state index in [1.807, 2.05) is 0 Å². The molecule has 0 aromatic heterocycles. The van der Waals surface area contributed by atoms with Gasteiger partial charge >= 0.3 is 10.4 Å². The number of rotatable bonds is 18. The Bertz CT molecular complexity index is 388. The van der Waals surface area contributed by atoms with Gasteiger partial charge in [0.2, 0.25) is 0 Å². The van der Waals surface area contributed by atoms with Crippen molar-refractivity contribution in [2.24, 2.45) is 0 Å². The summed E-state index contributed by atoms with van der Waals surface area (Å²) < 4.78 is 39.9. The first kappa shape index (κ1) is 24.7. The van der Waals surface area contributed by atoms with Gasteiger partial charge in [-0.3, -0.25) is 9.81 Å². The Kier molecular flexibility index (Phi) is 15.7. The van der Waals surface area contributed by atoms with Crippen molar-refractivity contribution in [1.29, 1.82) is 0 Å². The molecule has 0 unspecified atom stereocenters. The van der Waals surface area contributed by atoms with Crippen molar-refractivity contribution in [2.45, 2.75) is 83.3 Å². The highest BCUT2D eigenvalue weighted by Gasteiger charge is 2.27. The minimum absolute atomic E-state index is 0.315. The smallest absolute Gasteiger partial charge is 0.394 e. The van der Waals surface area contributed by atoms with Gasteiger partial charge in [0.25, 0.3) is 0 Å². The van der Waals surface area contributed by atoms with Gasteiger partial charge in [0.05, 0.1) is 6.61 Å². The van der Waals surface area contributed by atoms with Crippen LogP contribution in [0.5, 0.6) is 0 Å². The van der Waals surface area contributed by atoms with Crippen molar-refractivity contribution >= 4 is 10.4 Å². The molecule has 0 amide bonds. The van der Waals surface area contributed by atoms with Crippen molar-refractivity contribution in [3.05, 3.63) is 0 Å². The van der Waals surface area contributed by atoms with Crippen LogP contribution in [0.15, 0.2) is 0 Å². The molecular weight excluding hydrogens is 352 g/mol. The third-order valence-corrected chi connectivity index (χ3v) is 4.40. The molecule has 0 fully saturated rings. The summed E-state index contributed by atoms with van der Waals surface area (Å²) in [6.07, 6.45) is 9.38. The van der Waals surface area contributed by atoms with Crippen LogP contribution < -0.4 is 0 Å². The van der Waals surface area contributed by atoms with E-state index >= 15 is 0 Å². The standard InChI is InChI=1S/C16H34O8S/c1-2-3-4-5-6-7-8-9-10-11-12-22-16(14-23-18)15(13-17)24-25(19,20)21/h15-18H,2-14H2,1H3,(H,19,20,21)/t15-,16+/m1/s1. The van der Waals surface area contributed by atoms with Crippen LogP contribution >= 0.6 is 0 Å². The highest BCUT2D eigenvalue weighted by atomic mass is 32.3. The fourth-order valence-electron chi connectivity index (χ4n) is 2.53. The summed E-state index contributed by atoms with van der Waals surface area (Å²) in [5.74, 6) is 0. The molecule has 0 aliphatic rings. The summed E-state index contributed by atoms with van der Waals surface area (Å²) in [4.78, 5) is 3.96. The van der Waals surface area contributed by atoms with Gasteiger partial charge < -0.3 is 9.84 Å². The minimum atomic E-state index is -4.73. The monoisotopic (exact) mass is 386 g/mol. The normalized spacial score (nSPS) is 14.6. The third-order valence-electron chi connectivity index (χ3n) is 3.91. The molecule has 0 aromatic carbocycles. The topological polar surface area (TPSA) is 123 Å². The number of aliphatic hydroxyl groups is 1. The maximum atomic E-state index is 10.7. The SMILES string of the molecule is CCCCCCCCCCCCO[C@@H](COO)[C@@H](CO)OS(=O)(=O)O. The van der Waals surface area contributed by atoms with E-state index in [1.54, 1.807) is 0 Å². The molecule has 0 bridgehead atoms. The number of hydrogen-bond acceptors (Lipinski definition) is 7. The van der Waals surface area contributed by atoms with Gasteiger partial charge in [0.15, 0.2) is 0 Å². The van der Waals surface area contributed by atoms with Crippen LogP contribution in [0.3, 0.4) is 0 Å². The van der Waals surface area contributed by atoms with Crippen LogP contribution in [0.2, 0.25) is 0 Å². The van der Waals surface area contributed by atoms with Crippen molar-refractivity contribution in [3.63, 3.8) is 0 Å². The summed E-state index contributed by atoms with van der Waals surface area (Å²) in [5, 5.41) is 17.7. The van der Waals surface area contributed by atoms with E-state index in [2.05, 4.69) is 16.0 Å². The van der Waals surface area contributed by atoms with Crippen LogP contribution in [0.25, 0.3) is 0 Å². The molecule has 0 rings (SSSR count). The van der Waals surface area contributed by atoms with E-state index in [1.165, 1.54) is 44.9 Å². The molecule has 0 saturated carbocycles. The van der Waals surface area contributed by atoms with E-state index in [0.29, 0.717) is 6.61 Å². The Hall–Kier alpha value is -0.290. The quantitative estimate of drug-likeness (QED) is 0.142. The molecule has 152 valence electrons. The lowest BCUT2D eigenvalue weighted by molar-refractivity contribution is -0.267. The zero-order valence-electron chi connectivity index (χ0n) is 15.1. The number of unbranched alkanes of at least 4 members (excludes halogenated alkanes) is 9. The maximum absolute atomic E-state index is 10.7. The van der Waals surface area contributed by atoms with Gasteiger partial charge in [-0.2, -0.15) is 8.42 Å². The van der Waals surface area contributed by atoms with Crippen molar-refractivity contribution in [1.82, 2.24) is 0 Å². The predicted molar refractivity (Wildman–Crippen MR) is 93.7 cm³/mol.